The van der Waals surface area contributed by atoms with Gasteiger partial charge in [-0.25, -0.2) is 4.79 Å². The number of carbonyl (C=O) groups is 3. The van der Waals surface area contributed by atoms with E-state index in [4.69, 9.17) is 28.9 Å². The third-order valence-corrected chi connectivity index (χ3v) is 3.61. The van der Waals surface area contributed by atoms with Gasteiger partial charge < -0.3 is 11.1 Å². The number of amides is 4. The first-order valence-electron chi connectivity index (χ1n) is 5.63. The van der Waals surface area contributed by atoms with E-state index < -0.39 is 29.9 Å². The average Bonchev–Trinajstić information content (AvgIpc) is 2.53. The first-order valence-corrected chi connectivity index (χ1v) is 6.39. The van der Waals surface area contributed by atoms with Gasteiger partial charge >= 0.3 is 6.03 Å². The van der Waals surface area contributed by atoms with Crippen molar-refractivity contribution in [1.29, 1.82) is 0 Å². The van der Waals surface area contributed by atoms with Crippen molar-refractivity contribution < 1.29 is 14.4 Å². The predicted molar refractivity (Wildman–Crippen MR) is 73.3 cm³/mol. The standard InChI is InChI=1S/C12H11Cl2N3O3/c1-12(7-3-2-6(13)4-8(7)14)10(19)17(5-9(15)18)11(20)16-12/h2-4H,5H2,1H3,(H2,15,18)(H,16,20). The van der Waals surface area contributed by atoms with E-state index in [1.807, 2.05) is 0 Å². The molecule has 3 N–H and O–H groups in total. The molecular weight excluding hydrogens is 305 g/mol. The molecule has 1 unspecified atom stereocenters. The van der Waals surface area contributed by atoms with Gasteiger partial charge in [0.1, 0.15) is 12.1 Å². The number of benzene rings is 1. The zero-order valence-electron chi connectivity index (χ0n) is 10.4. The first-order chi connectivity index (χ1) is 9.25. The second-order valence-corrected chi connectivity index (χ2v) is 5.38. The zero-order chi connectivity index (χ0) is 15.1. The fourth-order valence-corrected chi connectivity index (χ4v) is 2.67. The van der Waals surface area contributed by atoms with Crippen LogP contribution in [0.15, 0.2) is 18.2 Å². The van der Waals surface area contributed by atoms with Crippen LogP contribution in [-0.4, -0.2) is 29.3 Å². The van der Waals surface area contributed by atoms with Gasteiger partial charge in [-0.05, 0) is 19.1 Å². The maximum absolute atomic E-state index is 12.4. The van der Waals surface area contributed by atoms with Crippen LogP contribution in [0.25, 0.3) is 0 Å². The van der Waals surface area contributed by atoms with E-state index in [9.17, 15) is 14.4 Å². The Hall–Kier alpha value is -1.79. The van der Waals surface area contributed by atoms with Crippen LogP contribution in [0.2, 0.25) is 10.0 Å². The molecule has 1 heterocycles. The number of rotatable bonds is 3. The molecule has 1 aliphatic rings. The highest BCUT2D eigenvalue weighted by Crippen LogP contribution is 2.34. The van der Waals surface area contributed by atoms with E-state index in [0.29, 0.717) is 10.6 Å². The summed E-state index contributed by atoms with van der Waals surface area (Å²) in [4.78, 5) is 35.8. The van der Waals surface area contributed by atoms with Gasteiger partial charge in [-0.15, -0.1) is 0 Å². The van der Waals surface area contributed by atoms with E-state index in [1.165, 1.54) is 13.0 Å². The van der Waals surface area contributed by atoms with Crippen LogP contribution in [0.4, 0.5) is 4.79 Å². The molecule has 0 spiro atoms. The molecular formula is C12H11Cl2N3O3. The quantitative estimate of drug-likeness (QED) is 0.822. The summed E-state index contributed by atoms with van der Waals surface area (Å²) in [5.41, 5.74) is 4.06. The summed E-state index contributed by atoms with van der Waals surface area (Å²) >= 11 is 11.9. The van der Waals surface area contributed by atoms with Crippen molar-refractivity contribution in [3.8, 4) is 0 Å². The molecule has 0 saturated carbocycles. The lowest BCUT2D eigenvalue weighted by Crippen LogP contribution is -2.42. The Morgan fingerprint density at radius 2 is 2.05 bits per heavy atom. The minimum absolute atomic E-state index is 0.245. The van der Waals surface area contributed by atoms with Gasteiger partial charge in [-0.1, -0.05) is 29.3 Å². The number of carbonyl (C=O) groups excluding carboxylic acids is 3. The van der Waals surface area contributed by atoms with Crippen molar-refractivity contribution in [3.63, 3.8) is 0 Å². The van der Waals surface area contributed by atoms with Crippen LogP contribution in [0.5, 0.6) is 0 Å². The average molecular weight is 316 g/mol. The molecule has 0 bridgehead atoms. The number of halogens is 2. The van der Waals surface area contributed by atoms with Crippen LogP contribution < -0.4 is 11.1 Å². The molecule has 1 aromatic carbocycles. The van der Waals surface area contributed by atoms with Crippen molar-refractivity contribution in [2.75, 3.05) is 6.54 Å². The number of nitrogens with zero attached hydrogens (tertiary/aromatic N) is 1. The second-order valence-electron chi connectivity index (χ2n) is 4.54. The molecule has 0 aliphatic carbocycles. The summed E-state index contributed by atoms with van der Waals surface area (Å²) in [6, 6.07) is 3.89. The van der Waals surface area contributed by atoms with Crippen molar-refractivity contribution in [1.82, 2.24) is 10.2 Å². The highest BCUT2D eigenvalue weighted by atomic mass is 35.5. The summed E-state index contributed by atoms with van der Waals surface area (Å²) in [6.07, 6.45) is 0. The molecule has 4 amide bonds. The van der Waals surface area contributed by atoms with E-state index in [2.05, 4.69) is 5.32 Å². The predicted octanol–water partition coefficient (Wildman–Crippen LogP) is 1.25. The molecule has 1 aromatic rings. The Morgan fingerprint density at radius 3 is 2.60 bits per heavy atom. The Labute approximate surface area is 124 Å². The molecule has 0 radical (unpaired) electrons. The minimum atomic E-state index is -1.35. The van der Waals surface area contributed by atoms with Crippen LogP contribution in [0.1, 0.15) is 12.5 Å². The van der Waals surface area contributed by atoms with Crippen LogP contribution in [0.3, 0.4) is 0 Å². The number of primary amides is 1. The van der Waals surface area contributed by atoms with Crippen molar-refractivity contribution in [3.05, 3.63) is 33.8 Å². The Kier molecular flexibility index (Phi) is 3.62. The number of urea groups is 1. The Morgan fingerprint density at radius 1 is 1.40 bits per heavy atom. The van der Waals surface area contributed by atoms with Crippen molar-refractivity contribution in [2.45, 2.75) is 12.5 Å². The lowest BCUT2D eigenvalue weighted by Gasteiger charge is -2.23. The monoisotopic (exact) mass is 315 g/mol. The third-order valence-electron chi connectivity index (χ3n) is 3.06. The minimum Gasteiger partial charge on any atom is -0.368 e. The van der Waals surface area contributed by atoms with Gasteiger partial charge in [0.2, 0.25) is 5.91 Å². The molecule has 1 aliphatic heterocycles. The molecule has 1 fully saturated rings. The number of imide groups is 1. The molecule has 1 atom stereocenters. The summed E-state index contributed by atoms with van der Waals surface area (Å²) in [5.74, 6) is -1.37. The fourth-order valence-electron chi connectivity index (χ4n) is 2.07. The Bertz CT molecular complexity index is 620. The number of nitrogens with one attached hydrogen (secondary N) is 1. The van der Waals surface area contributed by atoms with Crippen LogP contribution >= 0.6 is 23.2 Å². The van der Waals surface area contributed by atoms with E-state index >= 15 is 0 Å². The second kappa shape index (κ2) is 4.96. The van der Waals surface area contributed by atoms with Gasteiger partial charge in [0.25, 0.3) is 5.91 Å². The normalized spacial score (nSPS) is 22.1. The maximum Gasteiger partial charge on any atom is 0.325 e. The number of hydrogen-bond acceptors (Lipinski definition) is 3. The van der Waals surface area contributed by atoms with Crippen molar-refractivity contribution in [2.24, 2.45) is 5.73 Å². The molecule has 6 nitrogen and oxygen atoms in total. The zero-order valence-corrected chi connectivity index (χ0v) is 12.0. The maximum atomic E-state index is 12.4. The number of nitrogens with two attached hydrogens (primary N) is 1. The molecule has 106 valence electrons. The molecule has 1 saturated heterocycles. The topological polar surface area (TPSA) is 92.5 Å². The van der Waals surface area contributed by atoms with E-state index in [1.54, 1.807) is 12.1 Å². The summed E-state index contributed by atoms with van der Waals surface area (Å²) in [5, 5.41) is 3.17. The summed E-state index contributed by atoms with van der Waals surface area (Å²) in [6.45, 7) is 1.02. The fraction of sp³-hybridized carbons (Fsp3) is 0.250. The van der Waals surface area contributed by atoms with E-state index in [0.717, 1.165) is 4.90 Å². The third kappa shape index (κ3) is 2.32. The first kappa shape index (κ1) is 14.6. The summed E-state index contributed by atoms with van der Waals surface area (Å²) < 4.78 is 0. The lowest BCUT2D eigenvalue weighted by molar-refractivity contribution is -0.134. The summed E-state index contributed by atoms with van der Waals surface area (Å²) in [7, 11) is 0. The van der Waals surface area contributed by atoms with Gasteiger partial charge in [-0.3, -0.25) is 14.5 Å². The largest absolute Gasteiger partial charge is 0.368 e. The number of hydrogen-bond donors (Lipinski definition) is 2. The molecule has 20 heavy (non-hydrogen) atoms. The Balaban J connectivity index is 2.43. The molecule has 8 heteroatoms. The van der Waals surface area contributed by atoms with Gasteiger partial charge in [-0.2, -0.15) is 0 Å². The van der Waals surface area contributed by atoms with E-state index in [-0.39, 0.29) is 5.02 Å². The molecule has 0 aromatic heterocycles. The smallest absolute Gasteiger partial charge is 0.325 e. The van der Waals surface area contributed by atoms with Gasteiger partial charge in [0.15, 0.2) is 0 Å². The van der Waals surface area contributed by atoms with Crippen LogP contribution in [0, 0.1) is 0 Å². The van der Waals surface area contributed by atoms with Gasteiger partial charge in [0.05, 0.1) is 0 Å². The SMILES string of the molecule is CC1(c2ccc(Cl)cc2Cl)NC(=O)N(CC(N)=O)C1=O. The highest BCUT2D eigenvalue weighted by molar-refractivity contribution is 6.35. The highest BCUT2D eigenvalue weighted by Gasteiger charge is 2.50. The lowest BCUT2D eigenvalue weighted by atomic mass is 9.92. The van der Waals surface area contributed by atoms with Gasteiger partial charge in [0, 0.05) is 15.6 Å². The van der Waals surface area contributed by atoms with Crippen LogP contribution in [-0.2, 0) is 15.1 Å². The van der Waals surface area contributed by atoms with Crippen molar-refractivity contribution >= 4 is 41.0 Å². The molecule has 2 rings (SSSR count).